The van der Waals surface area contributed by atoms with E-state index < -0.39 is 5.60 Å². The number of carbonyl (C=O) groups excluding carboxylic acids is 1. The summed E-state index contributed by atoms with van der Waals surface area (Å²) >= 11 is 1.47. The summed E-state index contributed by atoms with van der Waals surface area (Å²) in [5.41, 5.74) is 1.99. The SMILES string of the molecule is Cc1cc2cc(-c3cnc(NC(=O)C4CC(C)(C)OC4(C)C)s3)ccc2nn1. The third-order valence-corrected chi connectivity index (χ3v) is 6.08. The first-order valence-corrected chi connectivity index (χ1v) is 10.2. The highest BCUT2D eigenvalue weighted by Crippen LogP contribution is 2.42. The first-order chi connectivity index (χ1) is 13.1. The van der Waals surface area contributed by atoms with Gasteiger partial charge in [-0.25, -0.2) is 4.98 Å². The van der Waals surface area contributed by atoms with Crippen LogP contribution >= 0.6 is 11.3 Å². The lowest BCUT2D eigenvalue weighted by Crippen LogP contribution is -2.36. The van der Waals surface area contributed by atoms with Crippen molar-refractivity contribution in [3.63, 3.8) is 0 Å². The summed E-state index contributed by atoms with van der Waals surface area (Å²) in [5.74, 6) is -0.252. The molecule has 0 radical (unpaired) electrons. The van der Waals surface area contributed by atoms with Crippen molar-refractivity contribution in [2.24, 2.45) is 5.92 Å². The summed E-state index contributed by atoms with van der Waals surface area (Å²) in [4.78, 5) is 18.2. The number of aromatic nitrogens is 3. The maximum atomic E-state index is 12.8. The van der Waals surface area contributed by atoms with Crippen molar-refractivity contribution < 1.29 is 9.53 Å². The predicted molar refractivity (Wildman–Crippen MR) is 111 cm³/mol. The highest BCUT2D eigenvalue weighted by atomic mass is 32.1. The van der Waals surface area contributed by atoms with Crippen LogP contribution in [0, 0.1) is 12.8 Å². The number of amides is 1. The molecule has 1 unspecified atom stereocenters. The van der Waals surface area contributed by atoms with Gasteiger partial charge in [-0.15, -0.1) is 0 Å². The topological polar surface area (TPSA) is 77.0 Å². The summed E-state index contributed by atoms with van der Waals surface area (Å²) in [6.45, 7) is 9.91. The molecule has 4 rings (SSSR count). The van der Waals surface area contributed by atoms with Crippen molar-refractivity contribution >= 4 is 33.3 Å². The van der Waals surface area contributed by atoms with Crippen molar-refractivity contribution in [2.45, 2.75) is 52.2 Å². The van der Waals surface area contributed by atoms with Crippen LogP contribution in [0.25, 0.3) is 21.3 Å². The molecule has 0 spiro atoms. The zero-order valence-corrected chi connectivity index (χ0v) is 17.6. The van der Waals surface area contributed by atoms with E-state index in [9.17, 15) is 4.79 Å². The van der Waals surface area contributed by atoms with Gasteiger partial charge in [0.1, 0.15) is 0 Å². The molecule has 1 N–H and O–H groups in total. The average Bonchev–Trinajstić information content (AvgIpc) is 3.14. The monoisotopic (exact) mass is 396 g/mol. The summed E-state index contributed by atoms with van der Waals surface area (Å²) in [6.07, 6.45) is 2.48. The smallest absolute Gasteiger partial charge is 0.232 e. The van der Waals surface area contributed by atoms with Crippen LogP contribution in [0.5, 0.6) is 0 Å². The third kappa shape index (κ3) is 3.64. The standard InChI is InChI=1S/C21H24N4O2S/c1-12-8-14-9-13(6-7-16(14)25-24-12)17-11-22-19(28-17)23-18(26)15-10-20(2,3)27-21(15,4)5/h6-9,11,15H,10H2,1-5H3,(H,22,23,26). The van der Waals surface area contributed by atoms with Crippen molar-refractivity contribution in [1.29, 1.82) is 0 Å². The van der Waals surface area contributed by atoms with E-state index in [1.807, 2.05) is 52.8 Å². The fourth-order valence-corrected chi connectivity index (χ4v) is 4.75. The lowest BCUT2D eigenvalue weighted by molar-refractivity contribution is -0.126. The molecule has 146 valence electrons. The molecule has 0 saturated carbocycles. The van der Waals surface area contributed by atoms with E-state index in [4.69, 9.17) is 4.74 Å². The number of aryl methyl sites for hydroxylation is 1. The van der Waals surface area contributed by atoms with Gasteiger partial charge in [-0.1, -0.05) is 17.4 Å². The molecular weight excluding hydrogens is 372 g/mol. The molecule has 3 heterocycles. The first kappa shape index (κ1) is 19.0. The highest BCUT2D eigenvalue weighted by molar-refractivity contribution is 7.19. The average molecular weight is 397 g/mol. The minimum atomic E-state index is -0.495. The van der Waals surface area contributed by atoms with Gasteiger partial charge in [0.2, 0.25) is 5.91 Å². The zero-order valence-electron chi connectivity index (χ0n) is 16.7. The van der Waals surface area contributed by atoms with Gasteiger partial charge in [0.25, 0.3) is 0 Å². The molecule has 1 saturated heterocycles. The number of hydrogen-bond acceptors (Lipinski definition) is 6. The molecule has 1 aliphatic heterocycles. The molecule has 3 aromatic rings. The molecule has 1 atom stereocenters. The normalized spacial score (nSPS) is 20.4. The maximum Gasteiger partial charge on any atom is 0.232 e. The molecule has 1 aliphatic rings. The second-order valence-electron chi connectivity index (χ2n) is 8.50. The second kappa shape index (κ2) is 6.60. The number of anilines is 1. The van der Waals surface area contributed by atoms with Gasteiger partial charge >= 0.3 is 0 Å². The summed E-state index contributed by atoms with van der Waals surface area (Å²) in [6, 6.07) is 8.05. The van der Waals surface area contributed by atoms with E-state index in [0.717, 1.165) is 27.0 Å². The minimum absolute atomic E-state index is 0.0408. The highest BCUT2D eigenvalue weighted by Gasteiger charge is 2.49. The number of thiazole rings is 1. The lowest BCUT2D eigenvalue weighted by Gasteiger charge is -2.26. The van der Waals surface area contributed by atoms with Gasteiger partial charge in [-0.05, 0) is 64.8 Å². The Morgan fingerprint density at radius 3 is 2.71 bits per heavy atom. The number of hydrogen-bond donors (Lipinski definition) is 1. The lowest BCUT2D eigenvalue weighted by atomic mass is 9.87. The fourth-order valence-electron chi connectivity index (χ4n) is 3.93. The van der Waals surface area contributed by atoms with E-state index in [0.29, 0.717) is 11.6 Å². The number of nitrogens with one attached hydrogen (secondary N) is 1. The first-order valence-electron chi connectivity index (χ1n) is 9.34. The van der Waals surface area contributed by atoms with Gasteiger partial charge in [0.15, 0.2) is 5.13 Å². The Morgan fingerprint density at radius 1 is 1.21 bits per heavy atom. The molecule has 1 fully saturated rings. The summed E-state index contributed by atoms with van der Waals surface area (Å²) in [7, 11) is 0. The number of nitrogens with zero attached hydrogens (tertiary/aromatic N) is 3. The van der Waals surface area contributed by atoms with Crippen molar-refractivity contribution in [3.05, 3.63) is 36.2 Å². The number of rotatable bonds is 3. The van der Waals surface area contributed by atoms with Gasteiger partial charge in [-0.2, -0.15) is 10.2 Å². The Kier molecular flexibility index (Phi) is 4.47. The predicted octanol–water partition coefficient (Wildman–Crippen LogP) is 4.59. The van der Waals surface area contributed by atoms with Gasteiger partial charge < -0.3 is 10.1 Å². The number of fused-ring (bicyclic) bond motifs is 1. The molecular formula is C21H24N4O2S. The van der Waals surface area contributed by atoms with Crippen molar-refractivity contribution in [1.82, 2.24) is 15.2 Å². The molecule has 0 bridgehead atoms. The fraction of sp³-hybridized carbons (Fsp3) is 0.429. The van der Waals surface area contributed by atoms with E-state index >= 15 is 0 Å². The van der Waals surface area contributed by atoms with Crippen LogP contribution in [0.2, 0.25) is 0 Å². The molecule has 28 heavy (non-hydrogen) atoms. The van der Waals surface area contributed by atoms with Crippen LogP contribution in [0.3, 0.4) is 0 Å². The zero-order chi connectivity index (χ0) is 20.1. The van der Waals surface area contributed by atoms with Crippen LogP contribution in [0.15, 0.2) is 30.5 Å². The van der Waals surface area contributed by atoms with Crippen molar-refractivity contribution in [3.8, 4) is 10.4 Å². The molecule has 7 heteroatoms. The van der Waals surface area contributed by atoms with Crippen LogP contribution < -0.4 is 5.32 Å². The van der Waals surface area contributed by atoms with Crippen LogP contribution in [-0.2, 0) is 9.53 Å². The van der Waals surface area contributed by atoms with Crippen molar-refractivity contribution in [2.75, 3.05) is 5.32 Å². The third-order valence-electron chi connectivity index (χ3n) is 5.12. The minimum Gasteiger partial charge on any atom is -0.369 e. The molecule has 6 nitrogen and oxygen atoms in total. The quantitative estimate of drug-likeness (QED) is 0.700. The Morgan fingerprint density at radius 2 is 2.00 bits per heavy atom. The maximum absolute atomic E-state index is 12.8. The summed E-state index contributed by atoms with van der Waals surface area (Å²) in [5, 5.41) is 12.9. The molecule has 1 amide bonds. The van der Waals surface area contributed by atoms with Crippen LogP contribution in [-0.4, -0.2) is 32.3 Å². The Hall–Kier alpha value is -2.38. The molecule has 1 aromatic carbocycles. The van der Waals surface area contributed by atoms with Gasteiger partial charge in [0, 0.05) is 11.6 Å². The Bertz CT molecular complexity index is 1060. The summed E-state index contributed by atoms with van der Waals surface area (Å²) < 4.78 is 6.04. The van der Waals surface area contributed by atoms with Gasteiger partial charge in [0.05, 0.1) is 33.2 Å². The van der Waals surface area contributed by atoms with Crippen LogP contribution in [0.1, 0.15) is 39.8 Å². The number of ether oxygens (including phenoxy) is 1. The van der Waals surface area contributed by atoms with E-state index in [2.05, 4.69) is 26.6 Å². The number of carbonyl (C=O) groups is 1. The van der Waals surface area contributed by atoms with E-state index in [1.54, 1.807) is 6.20 Å². The van der Waals surface area contributed by atoms with Gasteiger partial charge in [-0.3, -0.25) is 4.79 Å². The molecule has 0 aliphatic carbocycles. The van der Waals surface area contributed by atoms with Crippen LogP contribution in [0.4, 0.5) is 5.13 Å². The molecule has 2 aromatic heterocycles. The largest absolute Gasteiger partial charge is 0.369 e. The van der Waals surface area contributed by atoms with E-state index in [1.165, 1.54) is 11.3 Å². The Labute approximate surface area is 168 Å². The number of benzene rings is 1. The second-order valence-corrected chi connectivity index (χ2v) is 9.53. The Balaban J connectivity index is 1.54. The van der Waals surface area contributed by atoms with E-state index in [-0.39, 0.29) is 17.4 Å².